The molecule has 0 radical (unpaired) electrons. The van der Waals surface area contributed by atoms with Crippen LogP contribution in [0.1, 0.15) is 23.6 Å². The second-order valence-corrected chi connectivity index (χ2v) is 4.57. The molecule has 0 amide bonds. The second-order valence-electron chi connectivity index (χ2n) is 4.57. The molecule has 2 rings (SSSR count). The normalized spacial score (nSPS) is 11.4. The summed E-state index contributed by atoms with van der Waals surface area (Å²) < 4.78 is 18.8. The molecule has 0 aliphatic heterocycles. The van der Waals surface area contributed by atoms with Gasteiger partial charge in [0, 0.05) is 0 Å². The highest BCUT2D eigenvalue weighted by atomic mass is 19.1. The number of halogens is 1. The molecule has 0 fully saturated rings. The summed E-state index contributed by atoms with van der Waals surface area (Å²) in [6, 6.07) is 11.8. The van der Waals surface area contributed by atoms with E-state index in [0.717, 1.165) is 16.7 Å². The van der Waals surface area contributed by atoms with E-state index in [1.165, 1.54) is 12.1 Å². The summed E-state index contributed by atoms with van der Waals surface area (Å²) in [5, 5.41) is 11.8. The average molecular weight is 273 g/mol. The van der Waals surface area contributed by atoms with Gasteiger partial charge in [0.15, 0.2) is 0 Å². The van der Waals surface area contributed by atoms with Crippen molar-refractivity contribution < 1.29 is 14.3 Å². The zero-order valence-corrected chi connectivity index (χ0v) is 11.4. The molecule has 2 aromatic rings. The minimum Gasteiger partial charge on any atom is -0.489 e. The number of nitrogens with zero attached hydrogens (tertiary/aromatic N) is 1. The molecule has 0 aromatic heterocycles. The van der Waals surface area contributed by atoms with Crippen molar-refractivity contribution in [1.82, 2.24) is 0 Å². The Morgan fingerprint density at radius 1 is 1.20 bits per heavy atom. The number of oxime groups is 1. The highest BCUT2D eigenvalue weighted by Gasteiger charge is 2.03. The van der Waals surface area contributed by atoms with Gasteiger partial charge in [-0.3, -0.25) is 0 Å². The van der Waals surface area contributed by atoms with E-state index in [1.807, 2.05) is 19.1 Å². The van der Waals surface area contributed by atoms with Gasteiger partial charge in [-0.05, 0) is 66.9 Å². The van der Waals surface area contributed by atoms with Crippen LogP contribution in [-0.2, 0) is 6.61 Å². The summed E-state index contributed by atoms with van der Waals surface area (Å²) in [5.41, 5.74) is 3.17. The Balaban J connectivity index is 2.06. The van der Waals surface area contributed by atoms with E-state index in [9.17, 15) is 4.39 Å². The van der Waals surface area contributed by atoms with Gasteiger partial charge in [-0.15, -0.1) is 0 Å². The number of hydrogen-bond acceptors (Lipinski definition) is 3. The van der Waals surface area contributed by atoms with Crippen LogP contribution in [0.4, 0.5) is 4.39 Å². The molecule has 0 heterocycles. The van der Waals surface area contributed by atoms with Gasteiger partial charge < -0.3 is 9.94 Å². The molecule has 0 aliphatic rings. The van der Waals surface area contributed by atoms with Gasteiger partial charge >= 0.3 is 0 Å². The van der Waals surface area contributed by atoms with Crippen molar-refractivity contribution in [2.75, 3.05) is 0 Å². The summed E-state index contributed by atoms with van der Waals surface area (Å²) in [5.74, 6) is 0.419. The molecular formula is C16H16FNO2. The summed E-state index contributed by atoms with van der Waals surface area (Å²) in [7, 11) is 0. The van der Waals surface area contributed by atoms with Crippen LogP contribution in [-0.4, -0.2) is 10.9 Å². The van der Waals surface area contributed by atoms with Crippen molar-refractivity contribution in [2.45, 2.75) is 20.5 Å². The largest absolute Gasteiger partial charge is 0.489 e. The molecular weight excluding hydrogens is 257 g/mol. The lowest BCUT2D eigenvalue weighted by Crippen LogP contribution is -1.99. The van der Waals surface area contributed by atoms with Gasteiger partial charge in [-0.1, -0.05) is 11.2 Å². The minimum absolute atomic E-state index is 0.265. The van der Waals surface area contributed by atoms with E-state index in [0.29, 0.717) is 18.1 Å². The van der Waals surface area contributed by atoms with Crippen molar-refractivity contribution in [3.05, 3.63) is 65.0 Å². The van der Waals surface area contributed by atoms with Gasteiger partial charge in [0.2, 0.25) is 0 Å². The van der Waals surface area contributed by atoms with E-state index in [2.05, 4.69) is 5.16 Å². The quantitative estimate of drug-likeness (QED) is 0.521. The molecule has 0 atom stereocenters. The van der Waals surface area contributed by atoms with Gasteiger partial charge in [0.1, 0.15) is 18.2 Å². The predicted octanol–water partition coefficient (Wildman–Crippen LogP) is 3.91. The fourth-order valence-corrected chi connectivity index (χ4v) is 1.81. The lowest BCUT2D eigenvalue weighted by atomic mass is 10.1. The zero-order valence-electron chi connectivity index (χ0n) is 11.4. The molecule has 20 heavy (non-hydrogen) atoms. The van der Waals surface area contributed by atoms with Crippen molar-refractivity contribution in [1.29, 1.82) is 0 Å². The maximum absolute atomic E-state index is 13.2. The maximum atomic E-state index is 13.2. The highest BCUT2D eigenvalue weighted by molar-refractivity contribution is 5.98. The lowest BCUT2D eigenvalue weighted by Gasteiger charge is -2.09. The Bertz CT molecular complexity index is 621. The third-order valence-corrected chi connectivity index (χ3v) is 3.13. The zero-order chi connectivity index (χ0) is 14.5. The summed E-state index contributed by atoms with van der Waals surface area (Å²) in [4.78, 5) is 0. The van der Waals surface area contributed by atoms with Gasteiger partial charge in [-0.25, -0.2) is 4.39 Å². The van der Waals surface area contributed by atoms with Crippen molar-refractivity contribution in [3.63, 3.8) is 0 Å². The number of rotatable bonds is 4. The Morgan fingerprint density at radius 3 is 2.55 bits per heavy atom. The van der Waals surface area contributed by atoms with Crippen LogP contribution in [0.3, 0.4) is 0 Å². The van der Waals surface area contributed by atoms with Crippen LogP contribution in [0.2, 0.25) is 0 Å². The molecule has 0 aliphatic carbocycles. The van der Waals surface area contributed by atoms with Crippen LogP contribution in [0.5, 0.6) is 5.75 Å². The number of ether oxygens (including phenoxy) is 1. The highest BCUT2D eigenvalue weighted by Crippen LogP contribution is 2.17. The van der Waals surface area contributed by atoms with Crippen molar-refractivity contribution in [2.24, 2.45) is 5.16 Å². The van der Waals surface area contributed by atoms with E-state index in [-0.39, 0.29) is 5.82 Å². The molecule has 3 nitrogen and oxygen atoms in total. The van der Waals surface area contributed by atoms with Crippen LogP contribution in [0.25, 0.3) is 0 Å². The minimum atomic E-state index is -0.265. The standard InChI is InChI=1S/C16H16FNO2/c1-11-3-6-15(17)9-14(11)10-20-16-7-4-13(5-8-16)12(2)18-19/h3-9,19H,10H2,1-2H3/b18-12-. The molecule has 2 aromatic carbocycles. The van der Waals surface area contributed by atoms with E-state index in [4.69, 9.17) is 9.94 Å². The fourth-order valence-electron chi connectivity index (χ4n) is 1.81. The monoisotopic (exact) mass is 273 g/mol. The number of benzene rings is 2. The topological polar surface area (TPSA) is 41.8 Å². The SMILES string of the molecule is C/C(=N/O)c1ccc(OCc2cc(F)ccc2C)cc1. The average Bonchev–Trinajstić information content (AvgIpc) is 2.48. The fraction of sp³-hybridized carbons (Fsp3) is 0.188. The van der Waals surface area contributed by atoms with E-state index in [1.54, 1.807) is 25.1 Å². The van der Waals surface area contributed by atoms with Crippen LogP contribution in [0.15, 0.2) is 47.6 Å². The maximum Gasteiger partial charge on any atom is 0.123 e. The first kappa shape index (κ1) is 14.1. The predicted molar refractivity (Wildman–Crippen MR) is 75.9 cm³/mol. The Kier molecular flexibility index (Phi) is 4.35. The Labute approximate surface area is 117 Å². The first-order chi connectivity index (χ1) is 9.60. The number of hydrogen-bond donors (Lipinski definition) is 1. The molecule has 0 spiro atoms. The first-order valence-corrected chi connectivity index (χ1v) is 6.27. The van der Waals surface area contributed by atoms with Crippen LogP contribution >= 0.6 is 0 Å². The van der Waals surface area contributed by atoms with Gasteiger partial charge in [0.25, 0.3) is 0 Å². The van der Waals surface area contributed by atoms with Crippen LogP contribution < -0.4 is 4.74 Å². The van der Waals surface area contributed by atoms with Crippen molar-refractivity contribution in [3.8, 4) is 5.75 Å². The third-order valence-electron chi connectivity index (χ3n) is 3.13. The van der Waals surface area contributed by atoms with Crippen molar-refractivity contribution >= 4 is 5.71 Å². The molecule has 0 bridgehead atoms. The molecule has 0 unspecified atom stereocenters. The third kappa shape index (κ3) is 3.35. The summed E-state index contributed by atoms with van der Waals surface area (Å²) in [6.07, 6.45) is 0. The lowest BCUT2D eigenvalue weighted by molar-refractivity contribution is 0.304. The second kappa shape index (κ2) is 6.19. The Morgan fingerprint density at radius 2 is 1.90 bits per heavy atom. The summed E-state index contributed by atoms with van der Waals surface area (Å²) in [6.45, 7) is 3.95. The van der Waals surface area contributed by atoms with Crippen LogP contribution in [0, 0.1) is 12.7 Å². The van der Waals surface area contributed by atoms with Gasteiger partial charge in [0.05, 0.1) is 5.71 Å². The molecule has 1 N–H and O–H groups in total. The van der Waals surface area contributed by atoms with E-state index >= 15 is 0 Å². The number of aryl methyl sites for hydroxylation is 1. The van der Waals surface area contributed by atoms with Gasteiger partial charge in [-0.2, -0.15) is 0 Å². The smallest absolute Gasteiger partial charge is 0.123 e. The molecule has 0 saturated carbocycles. The molecule has 0 saturated heterocycles. The Hall–Kier alpha value is -2.36. The first-order valence-electron chi connectivity index (χ1n) is 6.27. The summed E-state index contributed by atoms with van der Waals surface area (Å²) >= 11 is 0. The van der Waals surface area contributed by atoms with E-state index < -0.39 is 0 Å². The molecule has 4 heteroatoms. The molecule has 104 valence electrons.